The lowest BCUT2D eigenvalue weighted by Crippen LogP contribution is -2.28. The molecule has 2 N–H and O–H groups in total. The van der Waals surface area contributed by atoms with Crippen LogP contribution in [0.2, 0.25) is 0 Å². The lowest BCUT2D eigenvalue weighted by atomic mass is 10.1. The Morgan fingerprint density at radius 1 is 1.25 bits per heavy atom. The van der Waals surface area contributed by atoms with Crippen LogP contribution in [0.1, 0.15) is 45.2 Å². The van der Waals surface area contributed by atoms with Gasteiger partial charge in [-0.2, -0.15) is 0 Å². The Bertz CT molecular complexity index is 445. The maximum Gasteiger partial charge on any atom is 0.161 e. The fourth-order valence-corrected chi connectivity index (χ4v) is 1.92. The number of nitrogens with two attached hydrogens (primary N) is 1. The van der Waals surface area contributed by atoms with E-state index in [-0.39, 0.29) is 11.6 Å². The lowest BCUT2D eigenvalue weighted by molar-refractivity contribution is -0.0267. The topological polar surface area (TPSA) is 53.7 Å². The van der Waals surface area contributed by atoms with Crippen molar-refractivity contribution in [2.45, 2.75) is 45.3 Å². The molecule has 1 aromatic rings. The van der Waals surface area contributed by atoms with E-state index < -0.39 is 0 Å². The summed E-state index contributed by atoms with van der Waals surface area (Å²) in [7, 11) is 0. The Morgan fingerprint density at radius 3 is 2.65 bits per heavy atom. The summed E-state index contributed by atoms with van der Waals surface area (Å²) in [5.41, 5.74) is 7.09. The van der Waals surface area contributed by atoms with Gasteiger partial charge in [-0.3, -0.25) is 0 Å². The van der Waals surface area contributed by atoms with Crippen LogP contribution < -0.4 is 15.2 Å². The van der Waals surface area contributed by atoms with Gasteiger partial charge in [-0.15, -0.1) is 0 Å². The molecule has 0 spiro atoms. The molecule has 1 aromatic carbocycles. The summed E-state index contributed by atoms with van der Waals surface area (Å²) in [6.07, 6.45) is 1.87. The quantitative estimate of drug-likeness (QED) is 0.900. The lowest BCUT2D eigenvalue weighted by Gasteiger charge is -2.26. The molecule has 1 aliphatic heterocycles. The number of ether oxygens (including phenoxy) is 3. The van der Waals surface area contributed by atoms with Gasteiger partial charge in [0.15, 0.2) is 11.5 Å². The molecule has 0 amide bonds. The summed E-state index contributed by atoms with van der Waals surface area (Å²) >= 11 is 0. The van der Waals surface area contributed by atoms with E-state index in [1.165, 1.54) is 0 Å². The molecule has 2 rings (SSSR count). The van der Waals surface area contributed by atoms with Gasteiger partial charge in [0.1, 0.15) is 0 Å². The molecule has 0 aromatic heterocycles. The Morgan fingerprint density at radius 2 is 1.95 bits per heavy atom. The second-order valence-electron chi connectivity index (χ2n) is 5.79. The van der Waals surface area contributed by atoms with Crippen molar-refractivity contribution in [3.05, 3.63) is 23.8 Å². The van der Waals surface area contributed by atoms with Crippen LogP contribution in [-0.2, 0) is 4.74 Å². The predicted molar refractivity (Wildman–Crippen MR) is 79.3 cm³/mol. The molecule has 0 saturated carbocycles. The summed E-state index contributed by atoms with van der Waals surface area (Å²) in [4.78, 5) is 0. The van der Waals surface area contributed by atoms with Crippen LogP contribution >= 0.6 is 0 Å². The first-order chi connectivity index (χ1) is 9.52. The Balaban J connectivity index is 2.03. The van der Waals surface area contributed by atoms with E-state index in [0.717, 1.165) is 29.9 Å². The molecular formula is C16H25NO3. The maximum absolute atomic E-state index is 6.21. The Labute approximate surface area is 121 Å². The highest BCUT2D eigenvalue weighted by atomic mass is 16.5. The molecule has 1 aliphatic rings. The van der Waals surface area contributed by atoms with Gasteiger partial charge in [0.05, 0.1) is 31.5 Å². The second kappa shape index (κ2) is 6.46. The van der Waals surface area contributed by atoms with Crippen molar-refractivity contribution in [3.8, 4) is 11.5 Å². The third-order valence-electron chi connectivity index (χ3n) is 3.70. The van der Waals surface area contributed by atoms with Crippen LogP contribution in [-0.4, -0.2) is 25.4 Å². The Hall–Kier alpha value is -1.26. The number of benzene rings is 1. The van der Waals surface area contributed by atoms with Gasteiger partial charge in [0.25, 0.3) is 0 Å². The molecule has 4 heteroatoms. The van der Waals surface area contributed by atoms with Crippen molar-refractivity contribution < 1.29 is 14.2 Å². The van der Waals surface area contributed by atoms with Gasteiger partial charge in [-0.1, -0.05) is 13.0 Å². The van der Waals surface area contributed by atoms with E-state index in [0.29, 0.717) is 19.8 Å². The number of fused-ring (bicyclic) bond motifs is 1. The van der Waals surface area contributed by atoms with Crippen molar-refractivity contribution in [1.29, 1.82) is 0 Å². The maximum atomic E-state index is 6.21. The third-order valence-corrected chi connectivity index (χ3v) is 3.70. The fourth-order valence-electron chi connectivity index (χ4n) is 1.92. The van der Waals surface area contributed by atoms with Gasteiger partial charge in [0.2, 0.25) is 0 Å². The summed E-state index contributed by atoms with van der Waals surface area (Å²) in [5, 5.41) is 0. The number of hydrogen-bond donors (Lipinski definition) is 1. The average molecular weight is 279 g/mol. The second-order valence-corrected chi connectivity index (χ2v) is 5.79. The van der Waals surface area contributed by atoms with E-state index in [1.54, 1.807) is 0 Å². The van der Waals surface area contributed by atoms with E-state index in [4.69, 9.17) is 19.9 Å². The highest BCUT2D eigenvalue weighted by Gasteiger charge is 2.19. The third kappa shape index (κ3) is 3.87. The first kappa shape index (κ1) is 15.1. The molecule has 0 bridgehead atoms. The van der Waals surface area contributed by atoms with Crippen LogP contribution in [0.15, 0.2) is 18.2 Å². The molecule has 0 aliphatic carbocycles. The normalized spacial score (nSPS) is 16.6. The minimum Gasteiger partial charge on any atom is -0.490 e. The SMILES string of the molecule is CCC(C)(C)OCC(N)c1ccc2c(c1)OCCCO2. The summed E-state index contributed by atoms with van der Waals surface area (Å²) in [6.45, 7) is 8.15. The van der Waals surface area contributed by atoms with E-state index >= 15 is 0 Å². The number of hydrogen-bond acceptors (Lipinski definition) is 4. The molecule has 0 saturated heterocycles. The highest BCUT2D eigenvalue weighted by molar-refractivity contribution is 5.44. The summed E-state index contributed by atoms with van der Waals surface area (Å²) in [6, 6.07) is 5.73. The molecule has 4 nitrogen and oxygen atoms in total. The molecular weight excluding hydrogens is 254 g/mol. The van der Waals surface area contributed by atoms with Gasteiger partial charge in [-0.25, -0.2) is 0 Å². The Kier molecular flexibility index (Phi) is 4.89. The van der Waals surface area contributed by atoms with Gasteiger partial charge in [-0.05, 0) is 38.0 Å². The summed E-state index contributed by atoms with van der Waals surface area (Å²) in [5.74, 6) is 1.58. The van der Waals surface area contributed by atoms with Crippen molar-refractivity contribution in [1.82, 2.24) is 0 Å². The minimum absolute atomic E-state index is 0.136. The van der Waals surface area contributed by atoms with Crippen molar-refractivity contribution in [3.63, 3.8) is 0 Å². The smallest absolute Gasteiger partial charge is 0.161 e. The summed E-state index contributed by atoms with van der Waals surface area (Å²) < 4.78 is 17.2. The number of rotatable bonds is 5. The van der Waals surface area contributed by atoms with Crippen LogP contribution in [0.5, 0.6) is 11.5 Å². The van der Waals surface area contributed by atoms with Crippen LogP contribution in [0.25, 0.3) is 0 Å². The average Bonchev–Trinajstić information content (AvgIpc) is 2.69. The van der Waals surface area contributed by atoms with Crippen LogP contribution in [0, 0.1) is 0 Å². The van der Waals surface area contributed by atoms with Crippen molar-refractivity contribution in [2.24, 2.45) is 5.73 Å². The largest absolute Gasteiger partial charge is 0.490 e. The zero-order chi connectivity index (χ0) is 14.6. The molecule has 112 valence electrons. The molecule has 0 radical (unpaired) electrons. The minimum atomic E-state index is -0.155. The molecule has 1 atom stereocenters. The molecule has 20 heavy (non-hydrogen) atoms. The van der Waals surface area contributed by atoms with Crippen molar-refractivity contribution >= 4 is 0 Å². The van der Waals surface area contributed by atoms with E-state index in [9.17, 15) is 0 Å². The molecule has 1 unspecified atom stereocenters. The first-order valence-corrected chi connectivity index (χ1v) is 7.31. The van der Waals surface area contributed by atoms with Gasteiger partial charge < -0.3 is 19.9 Å². The first-order valence-electron chi connectivity index (χ1n) is 7.31. The van der Waals surface area contributed by atoms with Gasteiger partial charge in [0, 0.05) is 6.42 Å². The zero-order valence-corrected chi connectivity index (χ0v) is 12.6. The monoisotopic (exact) mass is 279 g/mol. The van der Waals surface area contributed by atoms with Gasteiger partial charge >= 0.3 is 0 Å². The van der Waals surface area contributed by atoms with E-state index in [2.05, 4.69) is 20.8 Å². The highest BCUT2D eigenvalue weighted by Crippen LogP contribution is 2.32. The zero-order valence-electron chi connectivity index (χ0n) is 12.6. The predicted octanol–water partition coefficient (Wildman–Crippen LogP) is 3.05. The molecule has 1 heterocycles. The van der Waals surface area contributed by atoms with Crippen molar-refractivity contribution in [2.75, 3.05) is 19.8 Å². The fraction of sp³-hybridized carbons (Fsp3) is 0.625. The van der Waals surface area contributed by atoms with Crippen LogP contribution in [0.3, 0.4) is 0 Å². The standard InChI is InChI=1S/C16H25NO3/c1-4-16(2,3)20-11-13(17)12-6-7-14-15(10-12)19-9-5-8-18-14/h6-7,10,13H,4-5,8-9,11,17H2,1-3H3. The molecule has 0 fully saturated rings. The van der Waals surface area contributed by atoms with Crippen LogP contribution in [0.4, 0.5) is 0 Å². The van der Waals surface area contributed by atoms with E-state index in [1.807, 2.05) is 18.2 Å².